The van der Waals surface area contributed by atoms with Gasteiger partial charge in [0.25, 0.3) is 0 Å². The van der Waals surface area contributed by atoms with E-state index in [2.05, 4.69) is 15.5 Å². The lowest BCUT2D eigenvalue weighted by Crippen LogP contribution is -2.35. The van der Waals surface area contributed by atoms with E-state index < -0.39 is 10.8 Å². The Bertz CT molecular complexity index is 482. The molecular weight excluding hydrogens is 264 g/mol. The van der Waals surface area contributed by atoms with E-state index >= 15 is 0 Å². The summed E-state index contributed by atoms with van der Waals surface area (Å²) in [6.07, 6.45) is 3.54. The molecule has 0 bridgehead atoms. The summed E-state index contributed by atoms with van der Waals surface area (Å²) in [6, 6.07) is 4.10. The lowest BCUT2D eigenvalue weighted by Gasteiger charge is -2.22. The molecule has 2 heterocycles. The Balaban J connectivity index is 1.91. The third-order valence-electron chi connectivity index (χ3n) is 3.18. The van der Waals surface area contributed by atoms with E-state index in [0.717, 1.165) is 29.9 Å². The van der Waals surface area contributed by atoms with Crippen LogP contribution in [0.4, 0.5) is 0 Å². The average Bonchev–Trinajstić information content (AvgIpc) is 2.46. The number of nitrogens with zero attached hydrogens (tertiary/aromatic N) is 2. The zero-order chi connectivity index (χ0) is 13.7. The maximum absolute atomic E-state index is 11.3. The molecule has 1 aromatic heterocycles. The summed E-state index contributed by atoms with van der Waals surface area (Å²) in [5.74, 6) is 1.57. The second-order valence-corrected chi connectivity index (χ2v) is 6.23. The molecule has 1 aliphatic rings. The molecule has 0 spiro atoms. The van der Waals surface area contributed by atoms with Crippen LogP contribution in [0.5, 0.6) is 0 Å². The highest BCUT2D eigenvalue weighted by Crippen LogP contribution is 2.10. The first kappa shape index (κ1) is 14.0. The number of rotatable bonds is 4. The SMILES string of the molecule is N/C(=N/O)c1cc(CNC2CCS(=O)CC2)ccn1. The summed E-state index contributed by atoms with van der Waals surface area (Å²) in [5.41, 5.74) is 7.00. The first-order valence-electron chi connectivity index (χ1n) is 6.20. The van der Waals surface area contributed by atoms with Gasteiger partial charge in [-0.1, -0.05) is 5.16 Å². The predicted molar refractivity (Wildman–Crippen MR) is 74.5 cm³/mol. The van der Waals surface area contributed by atoms with E-state index in [1.807, 2.05) is 6.07 Å². The normalized spacial score (nSPS) is 24.3. The van der Waals surface area contributed by atoms with Crippen molar-refractivity contribution in [2.45, 2.75) is 25.4 Å². The third kappa shape index (κ3) is 4.00. The minimum Gasteiger partial charge on any atom is -0.409 e. The smallest absolute Gasteiger partial charge is 0.188 e. The van der Waals surface area contributed by atoms with E-state index in [1.165, 1.54) is 0 Å². The minimum absolute atomic E-state index is 0.00918. The van der Waals surface area contributed by atoms with Crippen molar-refractivity contribution < 1.29 is 9.42 Å². The number of pyridine rings is 1. The van der Waals surface area contributed by atoms with Crippen LogP contribution >= 0.6 is 0 Å². The summed E-state index contributed by atoms with van der Waals surface area (Å²) in [4.78, 5) is 4.03. The molecule has 6 nitrogen and oxygen atoms in total. The number of hydrogen-bond donors (Lipinski definition) is 3. The average molecular weight is 282 g/mol. The summed E-state index contributed by atoms with van der Waals surface area (Å²) in [7, 11) is -0.630. The number of hydrogen-bond acceptors (Lipinski definition) is 5. The largest absolute Gasteiger partial charge is 0.409 e. The highest BCUT2D eigenvalue weighted by Gasteiger charge is 2.17. The number of oxime groups is 1. The molecule has 0 aliphatic carbocycles. The van der Waals surface area contributed by atoms with Crippen molar-refractivity contribution in [1.82, 2.24) is 10.3 Å². The second-order valence-electron chi connectivity index (χ2n) is 4.54. The van der Waals surface area contributed by atoms with Gasteiger partial charge in [-0.3, -0.25) is 9.19 Å². The van der Waals surface area contributed by atoms with E-state index in [9.17, 15) is 4.21 Å². The first-order chi connectivity index (χ1) is 9.19. The molecule has 7 heteroatoms. The van der Waals surface area contributed by atoms with Gasteiger partial charge < -0.3 is 16.3 Å². The second kappa shape index (κ2) is 6.63. The topological polar surface area (TPSA) is 101 Å². The molecule has 0 amide bonds. The minimum atomic E-state index is -0.630. The Morgan fingerprint density at radius 3 is 3.00 bits per heavy atom. The maximum atomic E-state index is 11.3. The molecular formula is C12H18N4O2S. The first-order valence-corrected chi connectivity index (χ1v) is 7.69. The van der Waals surface area contributed by atoms with Crippen molar-refractivity contribution in [2.75, 3.05) is 11.5 Å². The molecule has 2 rings (SSSR count). The van der Waals surface area contributed by atoms with Crippen molar-refractivity contribution in [3.63, 3.8) is 0 Å². The molecule has 0 unspecified atom stereocenters. The molecule has 4 N–H and O–H groups in total. The van der Waals surface area contributed by atoms with E-state index in [4.69, 9.17) is 10.9 Å². The molecule has 1 aliphatic heterocycles. The van der Waals surface area contributed by atoms with Gasteiger partial charge in [0, 0.05) is 41.1 Å². The summed E-state index contributed by atoms with van der Waals surface area (Å²) < 4.78 is 11.3. The lowest BCUT2D eigenvalue weighted by atomic mass is 10.1. The van der Waals surface area contributed by atoms with Crippen LogP contribution in [0.2, 0.25) is 0 Å². The molecule has 0 aromatic carbocycles. The summed E-state index contributed by atoms with van der Waals surface area (Å²) in [6.45, 7) is 0.700. The Hall–Kier alpha value is -1.47. The van der Waals surface area contributed by atoms with E-state index in [0.29, 0.717) is 18.3 Å². The van der Waals surface area contributed by atoms with Crippen LogP contribution in [0.15, 0.2) is 23.5 Å². The van der Waals surface area contributed by atoms with Gasteiger partial charge in [0.1, 0.15) is 5.69 Å². The number of amidine groups is 1. The zero-order valence-electron chi connectivity index (χ0n) is 10.6. The third-order valence-corrected chi connectivity index (χ3v) is 4.56. The molecule has 0 atom stereocenters. The lowest BCUT2D eigenvalue weighted by molar-refractivity contribution is 0.318. The number of nitrogens with two attached hydrogens (primary N) is 1. The summed E-state index contributed by atoms with van der Waals surface area (Å²) in [5, 5.41) is 15.0. The summed E-state index contributed by atoms with van der Waals surface area (Å²) >= 11 is 0. The van der Waals surface area contributed by atoms with Gasteiger partial charge in [0.2, 0.25) is 0 Å². The van der Waals surface area contributed by atoms with Crippen LogP contribution in [0.1, 0.15) is 24.1 Å². The van der Waals surface area contributed by atoms with Gasteiger partial charge >= 0.3 is 0 Å². The highest BCUT2D eigenvalue weighted by atomic mass is 32.2. The van der Waals surface area contributed by atoms with Crippen LogP contribution in [-0.2, 0) is 17.3 Å². The highest BCUT2D eigenvalue weighted by molar-refractivity contribution is 7.85. The van der Waals surface area contributed by atoms with Gasteiger partial charge in [0.05, 0.1) is 0 Å². The molecule has 1 saturated heterocycles. The molecule has 1 fully saturated rings. The monoisotopic (exact) mass is 282 g/mol. The van der Waals surface area contributed by atoms with Gasteiger partial charge in [-0.15, -0.1) is 0 Å². The fourth-order valence-corrected chi connectivity index (χ4v) is 3.33. The fourth-order valence-electron chi connectivity index (χ4n) is 2.04. The molecule has 0 saturated carbocycles. The van der Waals surface area contributed by atoms with Crippen LogP contribution < -0.4 is 11.1 Å². The molecule has 104 valence electrons. The van der Waals surface area contributed by atoms with Crippen molar-refractivity contribution in [2.24, 2.45) is 10.9 Å². The van der Waals surface area contributed by atoms with Crippen LogP contribution in [0.25, 0.3) is 0 Å². The molecule has 0 radical (unpaired) electrons. The Kier molecular flexibility index (Phi) is 4.86. The Morgan fingerprint density at radius 2 is 2.32 bits per heavy atom. The van der Waals surface area contributed by atoms with Gasteiger partial charge in [0.15, 0.2) is 5.84 Å². The quantitative estimate of drug-likeness (QED) is 0.316. The van der Waals surface area contributed by atoms with Gasteiger partial charge in [-0.2, -0.15) is 0 Å². The van der Waals surface area contributed by atoms with Crippen molar-refractivity contribution >= 4 is 16.6 Å². The number of aromatic nitrogens is 1. The number of nitrogens with one attached hydrogen (secondary N) is 1. The standard InChI is InChI=1S/C12H18N4O2S/c13-12(16-17)11-7-9(1-4-14-11)8-15-10-2-5-19(18)6-3-10/h1,4,7,10,15,17H,2-3,5-6,8H2,(H2,13,16). The van der Waals surface area contributed by atoms with Gasteiger partial charge in [-0.05, 0) is 30.5 Å². The maximum Gasteiger partial charge on any atom is 0.188 e. The van der Waals surface area contributed by atoms with Crippen molar-refractivity contribution in [1.29, 1.82) is 0 Å². The van der Waals surface area contributed by atoms with E-state index in [1.54, 1.807) is 12.3 Å². The van der Waals surface area contributed by atoms with Crippen LogP contribution in [-0.4, -0.2) is 37.8 Å². The van der Waals surface area contributed by atoms with Crippen LogP contribution in [0.3, 0.4) is 0 Å². The van der Waals surface area contributed by atoms with Crippen molar-refractivity contribution in [3.8, 4) is 0 Å². The predicted octanol–water partition coefficient (Wildman–Crippen LogP) is 0.177. The van der Waals surface area contributed by atoms with E-state index in [-0.39, 0.29) is 5.84 Å². The molecule has 1 aromatic rings. The Morgan fingerprint density at radius 1 is 1.58 bits per heavy atom. The Labute approximate surface area is 114 Å². The van der Waals surface area contributed by atoms with Crippen molar-refractivity contribution in [3.05, 3.63) is 29.6 Å². The zero-order valence-corrected chi connectivity index (χ0v) is 11.4. The fraction of sp³-hybridized carbons (Fsp3) is 0.500. The molecule has 19 heavy (non-hydrogen) atoms. The van der Waals surface area contributed by atoms with Crippen LogP contribution in [0, 0.1) is 0 Å². The van der Waals surface area contributed by atoms with Gasteiger partial charge in [-0.25, -0.2) is 0 Å².